The zero-order valence-electron chi connectivity index (χ0n) is 10.4. The number of thiocarbonyl (C=S) groups is 1. The highest BCUT2D eigenvalue weighted by Gasteiger charge is 2.20. The Kier molecular flexibility index (Phi) is 4.08. The molecule has 0 bridgehead atoms. The number of aryl methyl sites for hydroxylation is 1. The Morgan fingerprint density at radius 3 is 2.72 bits per heavy atom. The second kappa shape index (κ2) is 5.58. The third-order valence-corrected chi connectivity index (χ3v) is 3.43. The lowest BCUT2D eigenvalue weighted by Crippen LogP contribution is -2.30. The first-order valence-corrected chi connectivity index (χ1v) is 6.55. The summed E-state index contributed by atoms with van der Waals surface area (Å²) in [6.07, 6.45) is 5.01. The number of hydrogen-bond acceptors (Lipinski definition) is 5. The lowest BCUT2D eigenvalue weighted by atomic mass is 9.93. The molecule has 1 aromatic heterocycles. The van der Waals surface area contributed by atoms with Gasteiger partial charge in [-0.05, 0) is 32.6 Å². The molecule has 1 aromatic rings. The molecule has 6 heteroatoms. The number of aliphatic hydroxyl groups excluding tert-OH is 1. The van der Waals surface area contributed by atoms with Crippen molar-refractivity contribution in [3.05, 3.63) is 17.6 Å². The summed E-state index contributed by atoms with van der Waals surface area (Å²) < 4.78 is 0. The molecule has 98 valence electrons. The highest BCUT2D eigenvalue weighted by Crippen LogP contribution is 2.22. The molecule has 1 heterocycles. The van der Waals surface area contributed by atoms with Gasteiger partial charge in [0.15, 0.2) is 0 Å². The fourth-order valence-corrected chi connectivity index (χ4v) is 2.32. The van der Waals surface area contributed by atoms with Gasteiger partial charge in [0.1, 0.15) is 16.6 Å². The first-order chi connectivity index (χ1) is 8.56. The molecule has 1 fully saturated rings. The van der Waals surface area contributed by atoms with Crippen LogP contribution in [0.3, 0.4) is 0 Å². The molecule has 1 aliphatic carbocycles. The maximum atomic E-state index is 9.49. The number of aromatic nitrogens is 2. The van der Waals surface area contributed by atoms with Crippen LogP contribution >= 0.6 is 12.2 Å². The van der Waals surface area contributed by atoms with Gasteiger partial charge in [-0.2, -0.15) is 0 Å². The minimum atomic E-state index is -0.162. The predicted molar refractivity (Wildman–Crippen MR) is 74.5 cm³/mol. The van der Waals surface area contributed by atoms with Crippen molar-refractivity contribution in [3.63, 3.8) is 0 Å². The molecule has 0 amide bonds. The SMILES string of the molecule is Cc1ncc(C(N)=S)c(NC2CCC(O)CC2)n1. The third-order valence-electron chi connectivity index (χ3n) is 3.21. The molecule has 18 heavy (non-hydrogen) atoms. The minimum Gasteiger partial charge on any atom is -0.393 e. The van der Waals surface area contributed by atoms with Crippen LogP contribution in [0.2, 0.25) is 0 Å². The van der Waals surface area contributed by atoms with Gasteiger partial charge in [0, 0.05) is 12.2 Å². The van der Waals surface area contributed by atoms with E-state index in [9.17, 15) is 5.11 Å². The van der Waals surface area contributed by atoms with E-state index in [1.165, 1.54) is 0 Å². The Balaban J connectivity index is 2.12. The van der Waals surface area contributed by atoms with E-state index in [-0.39, 0.29) is 6.10 Å². The minimum absolute atomic E-state index is 0.162. The van der Waals surface area contributed by atoms with Crippen molar-refractivity contribution in [2.24, 2.45) is 5.73 Å². The molecule has 5 nitrogen and oxygen atoms in total. The number of aliphatic hydroxyl groups is 1. The summed E-state index contributed by atoms with van der Waals surface area (Å²) in [5, 5.41) is 12.8. The van der Waals surface area contributed by atoms with Crippen LogP contribution in [0.25, 0.3) is 0 Å². The van der Waals surface area contributed by atoms with E-state index in [4.69, 9.17) is 18.0 Å². The van der Waals surface area contributed by atoms with E-state index in [1.54, 1.807) is 6.20 Å². The zero-order valence-corrected chi connectivity index (χ0v) is 11.2. The third kappa shape index (κ3) is 3.14. The molecule has 4 N–H and O–H groups in total. The van der Waals surface area contributed by atoms with Crippen LogP contribution in [0.1, 0.15) is 37.1 Å². The molecule has 0 radical (unpaired) electrons. The molecular weight excluding hydrogens is 248 g/mol. The van der Waals surface area contributed by atoms with E-state index < -0.39 is 0 Å². The molecule has 0 aliphatic heterocycles. The van der Waals surface area contributed by atoms with Crippen LogP contribution in [-0.2, 0) is 0 Å². The van der Waals surface area contributed by atoms with Crippen LogP contribution in [0.4, 0.5) is 5.82 Å². The van der Waals surface area contributed by atoms with Gasteiger partial charge in [0.25, 0.3) is 0 Å². The topological polar surface area (TPSA) is 84.1 Å². The van der Waals surface area contributed by atoms with Crippen LogP contribution in [-0.4, -0.2) is 32.2 Å². The van der Waals surface area contributed by atoms with Gasteiger partial charge in [-0.1, -0.05) is 12.2 Å². The van der Waals surface area contributed by atoms with Gasteiger partial charge in [-0.15, -0.1) is 0 Å². The molecule has 0 spiro atoms. The number of rotatable bonds is 3. The molecule has 1 aliphatic rings. The van der Waals surface area contributed by atoms with E-state index in [1.807, 2.05) is 6.92 Å². The summed E-state index contributed by atoms with van der Waals surface area (Å²) in [4.78, 5) is 8.76. The second-order valence-electron chi connectivity index (χ2n) is 4.69. The van der Waals surface area contributed by atoms with Gasteiger partial charge in [0.05, 0.1) is 11.7 Å². The van der Waals surface area contributed by atoms with Crippen molar-refractivity contribution in [2.45, 2.75) is 44.8 Å². The molecule has 1 saturated carbocycles. The predicted octanol–water partition coefficient (Wildman–Crippen LogP) is 1.13. The maximum Gasteiger partial charge on any atom is 0.140 e. The Bertz CT molecular complexity index is 444. The van der Waals surface area contributed by atoms with Gasteiger partial charge in [-0.3, -0.25) is 0 Å². The summed E-state index contributed by atoms with van der Waals surface area (Å²) in [7, 11) is 0. The summed E-state index contributed by atoms with van der Waals surface area (Å²) in [6.45, 7) is 1.83. The van der Waals surface area contributed by atoms with Crippen LogP contribution in [0, 0.1) is 6.92 Å². The molecule has 0 saturated heterocycles. The highest BCUT2D eigenvalue weighted by molar-refractivity contribution is 7.80. The quantitative estimate of drug-likeness (QED) is 0.711. The lowest BCUT2D eigenvalue weighted by molar-refractivity contribution is 0.126. The number of nitrogens with zero attached hydrogens (tertiary/aromatic N) is 2. The Morgan fingerprint density at radius 2 is 2.11 bits per heavy atom. The second-order valence-corrected chi connectivity index (χ2v) is 5.13. The summed E-state index contributed by atoms with van der Waals surface area (Å²) in [5.41, 5.74) is 6.35. The largest absolute Gasteiger partial charge is 0.393 e. The van der Waals surface area contributed by atoms with E-state index in [0.29, 0.717) is 28.2 Å². The van der Waals surface area contributed by atoms with Crippen molar-refractivity contribution < 1.29 is 5.11 Å². The van der Waals surface area contributed by atoms with Crippen LogP contribution < -0.4 is 11.1 Å². The van der Waals surface area contributed by atoms with Crippen molar-refractivity contribution in [1.82, 2.24) is 9.97 Å². The first-order valence-electron chi connectivity index (χ1n) is 6.14. The standard InChI is InChI=1S/C12H18N4OS/c1-7-14-6-10(11(13)18)12(15-7)16-8-2-4-9(17)5-3-8/h6,8-9,17H,2-5H2,1H3,(H2,13,18)(H,14,15,16). The summed E-state index contributed by atoms with van der Waals surface area (Å²) in [5.74, 6) is 1.39. The number of hydrogen-bond donors (Lipinski definition) is 3. The van der Waals surface area contributed by atoms with Crippen molar-refractivity contribution >= 4 is 23.0 Å². The Hall–Kier alpha value is -1.27. The smallest absolute Gasteiger partial charge is 0.140 e. The molecule has 0 atom stereocenters. The summed E-state index contributed by atoms with van der Waals surface area (Å²) >= 11 is 5.00. The van der Waals surface area contributed by atoms with Gasteiger partial charge in [-0.25, -0.2) is 9.97 Å². The molecule has 2 rings (SSSR count). The summed E-state index contributed by atoms with van der Waals surface area (Å²) in [6, 6.07) is 0.316. The van der Waals surface area contributed by atoms with Crippen molar-refractivity contribution in [3.8, 4) is 0 Å². The van der Waals surface area contributed by atoms with E-state index >= 15 is 0 Å². The van der Waals surface area contributed by atoms with E-state index in [2.05, 4.69) is 15.3 Å². The zero-order chi connectivity index (χ0) is 13.1. The maximum absolute atomic E-state index is 9.49. The van der Waals surface area contributed by atoms with Crippen LogP contribution in [0.5, 0.6) is 0 Å². The fraction of sp³-hybridized carbons (Fsp3) is 0.583. The number of anilines is 1. The average Bonchev–Trinajstić information content (AvgIpc) is 2.32. The van der Waals surface area contributed by atoms with Gasteiger partial charge < -0.3 is 16.2 Å². The Labute approximate surface area is 112 Å². The monoisotopic (exact) mass is 266 g/mol. The number of nitrogens with two attached hydrogens (primary N) is 1. The van der Waals surface area contributed by atoms with Crippen molar-refractivity contribution in [2.75, 3.05) is 5.32 Å². The fourth-order valence-electron chi connectivity index (χ4n) is 2.17. The first kappa shape index (κ1) is 13.2. The molecule has 0 unspecified atom stereocenters. The van der Waals surface area contributed by atoms with Crippen LogP contribution in [0.15, 0.2) is 6.20 Å². The normalized spacial score (nSPS) is 23.7. The number of nitrogens with one attached hydrogen (secondary N) is 1. The average molecular weight is 266 g/mol. The van der Waals surface area contributed by atoms with E-state index in [0.717, 1.165) is 25.7 Å². The van der Waals surface area contributed by atoms with Gasteiger partial charge in [0.2, 0.25) is 0 Å². The van der Waals surface area contributed by atoms with Gasteiger partial charge >= 0.3 is 0 Å². The highest BCUT2D eigenvalue weighted by atomic mass is 32.1. The van der Waals surface area contributed by atoms with Crippen molar-refractivity contribution in [1.29, 1.82) is 0 Å². The molecular formula is C12H18N4OS. The molecule has 0 aromatic carbocycles. The lowest BCUT2D eigenvalue weighted by Gasteiger charge is -2.27. The Morgan fingerprint density at radius 1 is 1.44 bits per heavy atom.